The molecule has 1 aliphatic rings. The van der Waals surface area contributed by atoms with Gasteiger partial charge in [0, 0.05) is 18.1 Å². The smallest absolute Gasteiger partial charge is 0.236 e. The van der Waals surface area contributed by atoms with Crippen molar-refractivity contribution in [2.45, 2.75) is 62.2 Å². The SMILES string of the molecule is CCN(C(=O)C(C)Sc1nnc(NC(C)(C)C)s1)C1CCS(=O)(=O)C1. The van der Waals surface area contributed by atoms with Crippen molar-refractivity contribution in [3.05, 3.63) is 0 Å². The van der Waals surface area contributed by atoms with Crippen LogP contribution < -0.4 is 5.32 Å². The summed E-state index contributed by atoms with van der Waals surface area (Å²) in [5, 5.41) is 11.9. The maximum Gasteiger partial charge on any atom is 0.236 e. The second kappa shape index (κ2) is 7.79. The molecule has 1 aliphatic heterocycles. The molecule has 7 nitrogen and oxygen atoms in total. The lowest BCUT2D eigenvalue weighted by atomic mass is 10.1. The molecule has 1 fully saturated rings. The van der Waals surface area contributed by atoms with Gasteiger partial charge < -0.3 is 10.2 Å². The molecule has 1 amide bonds. The number of carbonyl (C=O) groups excluding carboxylic acids is 1. The van der Waals surface area contributed by atoms with Gasteiger partial charge >= 0.3 is 0 Å². The number of sulfone groups is 1. The third kappa shape index (κ3) is 5.82. The van der Waals surface area contributed by atoms with Crippen LogP contribution in [0.3, 0.4) is 0 Å². The molecule has 1 N–H and O–H groups in total. The minimum atomic E-state index is -3.01. The van der Waals surface area contributed by atoms with Gasteiger partial charge in [-0.1, -0.05) is 23.1 Å². The Labute approximate surface area is 157 Å². The van der Waals surface area contributed by atoms with Crippen LogP contribution in [0.5, 0.6) is 0 Å². The normalized spacial score (nSPS) is 21.1. The first-order valence-electron chi connectivity index (χ1n) is 8.30. The van der Waals surface area contributed by atoms with Crippen molar-refractivity contribution in [2.75, 3.05) is 23.4 Å². The molecule has 0 bridgehead atoms. The first-order chi connectivity index (χ1) is 11.5. The highest BCUT2D eigenvalue weighted by molar-refractivity contribution is 8.02. The fourth-order valence-electron chi connectivity index (χ4n) is 2.68. The van der Waals surface area contributed by atoms with E-state index in [2.05, 4.69) is 15.5 Å². The third-order valence-electron chi connectivity index (χ3n) is 3.79. The molecule has 0 saturated carbocycles. The Morgan fingerprint density at radius 1 is 1.44 bits per heavy atom. The van der Waals surface area contributed by atoms with E-state index in [1.54, 1.807) is 4.90 Å². The van der Waals surface area contributed by atoms with Crippen LogP contribution >= 0.6 is 23.1 Å². The standard InChI is InChI=1S/C15H26N4O3S3/c1-6-19(11-7-8-25(21,22)9-11)12(20)10(2)23-14-18-17-13(24-14)16-15(3,4)5/h10-11H,6-9H2,1-5H3,(H,16,17). The number of hydrogen-bond donors (Lipinski definition) is 1. The fourth-order valence-corrected chi connectivity index (χ4v) is 6.58. The van der Waals surface area contributed by atoms with Crippen LogP contribution in [-0.2, 0) is 14.6 Å². The van der Waals surface area contributed by atoms with Gasteiger partial charge in [-0.2, -0.15) is 0 Å². The Morgan fingerprint density at radius 2 is 2.12 bits per heavy atom. The summed E-state index contributed by atoms with van der Waals surface area (Å²) < 4.78 is 24.1. The maximum absolute atomic E-state index is 12.8. The number of nitrogens with one attached hydrogen (secondary N) is 1. The first-order valence-corrected chi connectivity index (χ1v) is 11.8. The highest BCUT2D eigenvalue weighted by atomic mass is 32.2. The molecular weight excluding hydrogens is 380 g/mol. The van der Waals surface area contributed by atoms with E-state index < -0.39 is 9.84 Å². The summed E-state index contributed by atoms with van der Waals surface area (Å²) in [6.07, 6.45) is 0.526. The lowest BCUT2D eigenvalue weighted by molar-refractivity contribution is -0.131. The van der Waals surface area contributed by atoms with E-state index in [4.69, 9.17) is 0 Å². The molecule has 2 heterocycles. The van der Waals surface area contributed by atoms with E-state index in [0.717, 1.165) is 9.47 Å². The zero-order valence-electron chi connectivity index (χ0n) is 15.3. The molecule has 2 rings (SSSR count). The summed E-state index contributed by atoms with van der Waals surface area (Å²) in [7, 11) is -3.01. The van der Waals surface area contributed by atoms with Crippen molar-refractivity contribution >= 4 is 44.0 Å². The van der Waals surface area contributed by atoms with Gasteiger partial charge in [0.05, 0.1) is 16.8 Å². The molecule has 2 unspecified atom stereocenters. The molecule has 25 heavy (non-hydrogen) atoms. The number of carbonyl (C=O) groups is 1. The van der Waals surface area contributed by atoms with E-state index in [0.29, 0.717) is 13.0 Å². The Balaban J connectivity index is 1.99. The van der Waals surface area contributed by atoms with Crippen molar-refractivity contribution in [1.29, 1.82) is 0 Å². The Morgan fingerprint density at radius 3 is 2.64 bits per heavy atom. The van der Waals surface area contributed by atoms with Gasteiger partial charge in [0.1, 0.15) is 0 Å². The van der Waals surface area contributed by atoms with Crippen LogP contribution in [0.15, 0.2) is 4.34 Å². The van der Waals surface area contributed by atoms with Gasteiger partial charge in [0.25, 0.3) is 0 Å². The third-order valence-corrected chi connectivity index (χ3v) is 7.55. The molecule has 1 aromatic rings. The molecular formula is C15H26N4O3S3. The predicted molar refractivity (Wildman–Crippen MR) is 103 cm³/mol. The lowest BCUT2D eigenvalue weighted by Crippen LogP contribution is -2.44. The summed E-state index contributed by atoms with van der Waals surface area (Å²) in [4.78, 5) is 14.5. The zero-order valence-corrected chi connectivity index (χ0v) is 17.7. The number of hydrogen-bond acceptors (Lipinski definition) is 8. The van der Waals surface area contributed by atoms with Crippen molar-refractivity contribution in [2.24, 2.45) is 0 Å². The Bertz CT molecular complexity index is 712. The minimum Gasteiger partial charge on any atom is -0.355 e. The van der Waals surface area contributed by atoms with Gasteiger partial charge in [-0.3, -0.25) is 4.79 Å². The topological polar surface area (TPSA) is 92.3 Å². The average molecular weight is 407 g/mol. The van der Waals surface area contributed by atoms with Crippen LogP contribution in [0, 0.1) is 0 Å². The number of rotatable bonds is 6. The Kier molecular flexibility index (Phi) is 6.37. The number of aromatic nitrogens is 2. The van der Waals surface area contributed by atoms with Crippen LogP contribution in [-0.4, -0.2) is 64.3 Å². The van der Waals surface area contributed by atoms with Gasteiger partial charge in [-0.15, -0.1) is 10.2 Å². The zero-order chi connectivity index (χ0) is 18.8. The minimum absolute atomic E-state index is 0.0462. The Hall–Kier alpha value is -0.870. The van der Waals surface area contributed by atoms with Crippen LogP contribution in [0.1, 0.15) is 41.0 Å². The quantitative estimate of drug-likeness (QED) is 0.724. The molecule has 10 heteroatoms. The maximum atomic E-state index is 12.8. The highest BCUT2D eigenvalue weighted by Crippen LogP contribution is 2.31. The van der Waals surface area contributed by atoms with Crippen molar-refractivity contribution < 1.29 is 13.2 Å². The van der Waals surface area contributed by atoms with Crippen LogP contribution in [0.2, 0.25) is 0 Å². The number of amides is 1. The fraction of sp³-hybridized carbons (Fsp3) is 0.800. The summed E-state index contributed by atoms with van der Waals surface area (Å²) in [5.74, 6) is 0.194. The number of nitrogens with zero attached hydrogens (tertiary/aromatic N) is 3. The molecule has 0 radical (unpaired) electrons. The van der Waals surface area contributed by atoms with Crippen molar-refractivity contribution in [3.8, 4) is 0 Å². The number of thioether (sulfide) groups is 1. The van der Waals surface area contributed by atoms with Gasteiger partial charge in [-0.25, -0.2) is 8.42 Å². The second-order valence-corrected chi connectivity index (χ2v) is 12.0. The second-order valence-electron chi connectivity index (χ2n) is 7.19. The predicted octanol–water partition coefficient (Wildman–Crippen LogP) is 2.26. The summed E-state index contributed by atoms with van der Waals surface area (Å²) in [6, 6.07) is -0.210. The van der Waals surface area contributed by atoms with Crippen LogP contribution in [0.4, 0.5) is 5.13 Å². The van der Waals surface area contributed by atoms with E-state index in [1.165, 1.54) is 23.1 Å². The van der Waals surface area contributed by atoms with Gasteiger partial charge in [0.15, 0.2) is 14.2 Å². The first kappa shape index (κ1) is 20.4. The largest absolute Gasteiger partial charge is 0.355 e. The number of anilines is 1. The average Bonchev–Trinajstić information content (AvgIpc) is 3.04. The van der Waals surface area contributed by atoms with E-state index in [1.807, 2.05) is 34.6 Å². The molecule has 0 aromatic carbocycles. The molecule has 142 valence electrons. The summed E-state index contributed by atoms with van der Waals surface area (Å²) in [6.45, 7) is 10.4. The summed E-state index contributed by atoms with van der Waals surface area (Å²) in [5.41, 5.74) is -0.101. The van der Waals surface area contributed by atoms with E-state index in [-0.39, 0.29) is 34.2 Å². The van der Waals surface area contributed by atoms with Crippen LogP contribution in [0.25, 0.3) is 0 Å². The molecule has 0 aliphatic carbocycles. The molecule has 0 spiro atoms. The highest BCUT2D eigenvalue weighted by Gasteiger charge is 2.35. The molecule has 2 atom stereocenters. The monoisotopic (exact) mass is 406 g/mol. The molecule has 1 saturated heterocycles. The van der Waals surface area contributed by atoms with Crippen molar-refractivity contribution in [1.82, 2.24) is 15.1 Å². The summed E-state index contributed by atoms with van der Waals surface area (Å²) >= 11 is 2.78. The lowest BCUT2D eigenvalue weighted by Gasteiger charge is -2.29. The van der Waals surface area contributed by atoms with Gasteiger partial charge in [0.2, 0.25) is 11.0 Å². The molecule has 1 aromatic heterocycles. The van der Waals surface area contributed by atoms with E-state index >= 15 is 0 Å². The van der Waals surface area contributed by atoms with Crippen molar-refractivity contribution in [3.63, 3.8) is 0 Å². The van der Waals surface area contributed by atoms with E-state index in [9.17, 15) is 13.2 Å². The van der Waals surface area contributed by atoms with Gasteiger partial charge in [-0.05, 0) is 41.0 Å².